The molecule has 0 bridgehead atoms. The number of hydrogen-bond acceptors (Lipinski definition) is 2. The second-order valence-corrected chi connectivity index (χ2v) is 3.52. The van der Waals surface area contributed by atoms with Gasteiger partial charge in [-0.05, 0) is 26.2 Å². The van der Waals surface area contributed by atoms with E-state index < -0.39 is 0 Å². The van der Waals surface area contributed by atoms with Gasteiger partial charge < -0.3 is 4.42 Å². The average molecular weight is 193 g/mol. The van der Waals surface area contributed by atoms with Gasteiger partial charge in [0.2, 0.25) is 5.89 Å². The molecule has 0 spiro atoms. The Morgan fingerprint density at radius 3 is 2.79 bits per heavy atom. The summed E-state index contributed by atoms with van der Waals surface area (Å²) in [6.07, 6.45) is 8.52. The van der Waals surface area contributed by atoms with Crippen LogP contribution in [0.3, 0.4) is 0 Å². The van der Waals surface area contributed by atoms with Crippen LogP contribution in [0.5, 0.6) is 0 Å². The number of oxazole rings is 1. The van der Waals surface area contributed by atoms with E-state index in [0.717, 1.165) is 24.5 Å². The molecule has 1 heterocycles. The molecular weight excluding hydrogens is 174 g/mol. The zero-order valence-corrected chi connectivity index (χ0v) is 9.34. The summed E-state index contributed by atoms with van der Waals surface area (Å²) in [5, 5.41) is 0. The molecule has 2 nitrogen and oxygen atoms in total. The SMILES string of the molecule is CC/C=C(\CCCC)c1ncc(C)o1. The standard InChI is InChI=1S/C12H19NO/c1-4-6-8-11(7-5-2)12-13-9-10(3)14-12/h7,9H,4-6,8H2,1-3H3/b11-7+. The van der Waals surface area contributed by atoms with Gasteiger partial charge in [-0.3, -0.25) is 0 Å². The molecule has 1 aromatic rings. The van der Waals surface area contributed by atoms with E-state index in [-0.39, 0.29) is 0 Å². The van der Waals surface area contributed by atoms with Crippen molar-refractivity contribution in [2.75, 3.05) is 0 Å². The van der Waals surface area contributed by atoms with Crippen molar-refractivity contribution in [1.29, 1.82) is 0 Å². The Morgan fingerprint density at radius 2 is 2.29 bits per heavy atom. The minimum absolute atomic E-state index is 0.804. The maximum atomic E-state index is 5.52. The molecule has 78 valence electrons. The molecule has 0 aromatic carbocycles. The summed E-state index contributed by atoms with van der Waals surface area (Å²) >= 11 is 0. The van der Waals surface area contributed by atoms with Crippen molar-refractivity contribution in [2.45, 2.75) is 46.5 Å². The van der Waals surface area contributed by atoms with Crippen LogP contribution in [0, 0.1) is 6.92 Å². The first-order chi connectivity index (χ1) is 6.77. The summed E-state index contributed by atoms with van der Waals surface area (Å²) in [5.41, 5.74) is 1.25. The van der Waals surface area contributed by atoms with Gasteiger partial charge in [-0.2, -0.15) is 0 Å². The van der Waals surface area contributed by atoms with Crippen LogP contribution >= 0.6 is 0 Å². The smallest absolute Gasteiger partial charge is 0.221 e. The van der Waals surface area contributed by atoms with Crippen molar-refractivity contribution in [3.05, 3.63) is 23.9 Å². The van der Waals surface area contributed by atoms with Crippen LogP contribution in [0.4, 0.5) is 0 Å². The number of hydrogen-bond donors (Lipinski definition) is 0. The average Bonchev–Trinajstić information content (AvgIpc) is 2.59. The summed E-state index contributed by atoms with van der Waals surface area (Å²) in [6, 6.07) is 0. The van der Waals surface area contributed by atoms with Crippen LogP contribution < -0.4 is 0 Å². The van der Waals surface area contributed by atoms with Crippen molar-refractivity contribution < 1.29 is 4.42 Å². The highest BCUT2D eigenvalue weighted by Gasteiger charge is 2.06. The molecule has 1 rings (SSSR count). The molecule has 0 aliphatic heterocycles. The summed E-state index contributed by atoms with van der Waals surface area (Å²) in [5.74, 6) is 1.69. The number of nitrogens with zero attached hydrogens (tertiary/aromatic N) is 1. The molecule has 1 aromatic heterocycles. The second-order valence-electron chi connectivity index (χ2n) is 3.52. The monoisotopic (exact) mass is 193 g/mol. The van der Waals surface area contributed by atoms with Crippen molar-refractivity contribution in [3.8, 4) is 0 Å². The summed E-state index contributed by atoms with van der Waals surface area (Å²) < 4.78 is 5.52. The lowest BCUT2D eigenvalue weighted by atomic mass is 10.1. The van der Waals surface area contributed by atoms with E-state index >= 15 is 0 Å². The first kappa shape index (κ1) is 11.0. The molecule has 0 atom stereocenters. The molecular formula is C12H19NO. The zero-order valence-electron chi connectivity index (χ0n) is 9.34. The minimum atomic E-state index is 0.804. The Morgan fingerprint density at radius 1 is 1.50 bits per heavy atom. The van der Waals surface area contributed by atoms with E-state index in [2.05, 4.69) is 24.9 Å². The first-order valence-corrected chi connectivity index (χ1v) is 5.39. The summed E-state index contributed by atoms with van der Waals surface area (Å²) in [7, 11) is 0. The Hall–Kier alpha value is -1.05. The van der Waals surface area contributed by atoms with Crippen LogP contribution in [0.1, 0.15) is 51.2 Å². The largest absolute Gasteiger partial charge is 0.442 e. The molecule has 0 aliphatic rings. The van der Waals surface area contributed by atoms with Gasteiger partial charge in [-0.25, -0.2) is 4.98 Å². The van der Waals surface area contributed by atoms with Gasteiger partial charge in [-0.1, -0.05) is 26.3 Å². The fourth-order valence-electron chi connectivity index (χ4n) is 1.41. The molecule has 0 N–H and O–H groups in total. The topological polar surface area (TPSA) is 26.0 Å². The van der Waals surface area contributed by atoms with Gasteiger partial charge in [0.15, 0.2) is 0 Å². The number of aryl methyl sites for hydroxylation is 1. The number of rotatable bonds is 5. The third kappa shape index (κ3) is 3.02. The molecule has 0 saturated carbocycles. The number of unbranched alkanes of at least 4 members (excludes halogenated alkanes) is 1. The molecule has 0 aliphatic carbocycles. The number of aromatic nitrogens is 1. The fraction of sp³-hybridized carbons (Fsp3) is 0.583. The highest BCUT2D eigenvalue weighted by molar-refractivity contribution is 5.58. The third-order valence-corrected chi connectivity index (χ3v) is 2.15. The Labute approximate surface area is 86.0 Å². The van der Waals surface area contributed by atoms with Crippen LogP contribution in [-0.2, 0) is 0 Å². The van der Waals surface area contributed by atoms with Crippen LogP contribution in [0.25, 0.3) is 5.57 Å². The molecule has 14 heavy (non-hydrogen) atoms. The minimum Gasteiger partial charge on any atom is -0.442 e. The summed E-state index contributed by atoms with van der Waals surface area (Å²) in [4.78, 5) is 4.25. The van der Waals surface area contributed by atoms with Crippen molar-refractivity contribution >= 4 is 5.57 Å². The Bertz CT molecular complexity index is 299. The van der Waals surface area contributed by atoms with Crippen LogP contribution in [0.2, 0.25) is 0 Å². The lowest BCUT2D eigenvalue weighted by Crippen LogP contribution is -1.85. The maximum Gasteiger partial charge on any atom is 0.221 e. The Kier molecular flexibility index (Phi) is 4.44. The van der Waals surface area contributed by atoms with Gasteiger partial charge in [0, 0.05) is 5.57 Å². The van der Waals surface area contributed by atoms with Gasteiger partial charge in [0.05, 0.1) is 6.20 Å². The van der Waals surface area contributed by atoms with E-state index in [4.69, 9.17) is 4.42 Å². The highest BCUT2D eigenvalue weighted by atomic mass is 16.4. The van der Waals surface area contributed by atoms with Crippen molar-refractivity contribution in [2.24, 2.45) is 0 Å². The van der Waals surface area contributed by atoms with E-state index in [1.807, 2.05) is 6.92 Å². The normalized spacial score (nSPS) is 12.1. The number of allylic oxidation sites excluding steroid dienone is 2. The quantitative estimate of drug-likeness (QED) is 0.707. The Balaban J connectivity index is 2.73. The molecule has 0 amide bonds. The van der Waals surface area contributed by atoms with Gasteiger partial charge in [0.25, 0.3) is 0 Å². The lowest BCUT2D eigenvalue weighted by Gasteiger charge is -2.01. The molecule has 0 fully saturated rings. The molecule has 0 unspecified atom stereocenters. The van der Waals surface area contributed by atoms with Gasteiger partial charge >= 0.3 is 0 Å². The molecule has 0 radical (unpaired) electrons. The predicted octanol–water partition coefficient (Wildman–Crippen LogP) is 3.97. The van der Waals surface area contributed by atoms with E-state index in [1.165, 1.54) is 18.4 Å². The predicted molar refractivity (Wildman–Crippen MR) is 59.0 cm³/mol. The van der Waals surface area contributed by atoms with Crippen molar-refractivity contribution in [3.63, 3.8) is 0 Å². The van der Waals surface area contributed by atoms with E-state index in [9.17, 15) is 0 Å². The maximum absolute atomic E-state index is 5.52. The first-order valence-electron chi connectivity index (χ1n) is 5.39. The fourth-order valence-corrected chi connectivity index (χ4v) is 1.41. The van der Waals surface area contributed by atoms with E-state index in [0.29, 0.717) is 0 Å². The van der Waals surface area contributed by atoms with Crippen molar-refractivity contribution in [1.82, 2.24) is 4.98 Å². The lowest BCUT2D eigenvalue weighted by molar-refractivity contribution is 0.509. The highest BCUT2D eigenvalue weighted by Crippen LogP contribution is 2.20. The van der Waals surface area contributed by atoms with Gasteiger partial charge in [-0.15, -0.1) is 0 Å². The van der Waals surface area contributed by atoms with E-state index in [1.54, 1.807) is 6.20 Å². The molecule has 0 saturated heterocycles. The summed E-state index contributed by atoms with van der Waals surface area (Å²) in [6.45, 7) is 6.27. The zero-order chi connectivity index (χ0) is 10.4. The third-order valence-electron chi connectivity index (χ3n) is 2.15. The second kappa shape index (κ2) is 5.63. The van der Waals surface area contributed by atoms with Crippen LogP contribution in [0.15, 0.2) is 16.7 Å². The molecule has 2 heteroatoms. The van der Waals surface area contributed by atoms with Gasteiger partial charge in [0.1, 0.15) is 5.76 Å². The van der Waals surface area contributed by atoms with Crippen LogP contribution in [-0.4, -0.2) is 4.98 Å².